The molecule has 118 valence electrons. The predicted octanol–water partition coefficient (Wildman–Crippen LogP) is 1.52. The van der Waals surface area contributed by atoms with Gasteiger partial charge in [-0.05, 0) is 44.7 Å². The summed E-state index contributed by atoms with van der Waals surface area (Å²) in [5.41, 5.74) is 0. The first-order chi connectivity index (χ1) is 10.4. The van der Waals surface area contributed by atoms with E-state index in [-0.39, 0.29) is 0 Å². The number of nitrogens with zero attached hydrogens (tertiary/aromatic N) is 3. The van der Waals surface area contributed by atoms with Gasteiger partial charge in [0.1, 0.15) is 5.82 Å². The van der Waals surface area contributed by atoms with Crippen molar-refractivity contribution < 1.29 is 4.74 Å². The molecule has 6 nitrogen and oxygen atoms in total. The number of aromatic nitrogens is 3. The van der Waals surface area contributed by atoms with Crippen LogP contribution in [0.5, 0.6) is 0 Å². The van der Waals surface area contributed by atoms with Crippen LogP contribution in [-0.4, -0.2) is 54.6 Å². The van der Waals surface area contributed by atoms with E-state index in [2.05, 4.69) is 27.3 Å². The van der Waals surface area contributed by atoms with E-state index in [0.29, 0.717) is 5.92 Å². The van der Waals surface area contributed by atoms with Gasteiger partial charge in [0.05, 0.1) is 6.61 Å². The quantitative estimate of drug-likeness (QED) is 0.862. The SMILES string of the molecule is CCNCC1CCN(c2n[nH]c(C3CCCOC3)n2)CC1. The zero-order valence-electron chi connectivity index (χ0n) is 13.0. The van der Waals surface area contributed by atoms with Crippen LogP contribution in [0, 0.1) is 5.92 Å². The van der Waals surface area contributed by atoms with Crippen molar-refractivity contribution in [2.24, 2.45) is 5.92 Å². The minimum Gasteiger partial charge on any atom is -0.381 e. The monoisotopic (exact) mass is 293 g/mol. The van der Waals surface area contributed by atoms with Gasteiger partial charge in [-0.15, -0.1) is 5.10 Å². The van der Waals surface area contributed by atoms with Crippen molar-refractivity contribution in [3.8, 4) is 0 Å². The van der Waals surface area contributed by atoms with Crippen LogP contribution in [0.4, 0.5) is 5.95 Å². The van der Waals surface area contributed by atoms with Crippen molar-refractivity contribution in [3.05, 3.63) is 5.82 Å². The molecule has 1 unspecified atom stereocenters. The number of H-pyrrole nitrogens is 1. The highest BCUT2D eigenvalue weighted by atomic mass is 16.5. The summed E-state index contributed by atoms with van der Waals surface area (Å²) < 4.78 is 5.53. The van der Waals surface area contributed by atoms with E-state index in [1.165, 1.54) is 12.8 Å². The number of hydrogen-bond donors (Lipinski definition) is 2. The van der Waals surface area contributed by atoms with Gasteiger partial charge in [-0.25, -0.2) is 0 Å². The Bertz CT molecular complexity index is 421. The summed E-state index contributed by atoms with van der Waals surface area (Å²) in [7, 11) is 0. The smallest absolute Gasteiger partial charge is 0.244 e. The molecule has 6 heteroatoms. The van der Waals surface area contributed by atoms with Crippen molar-refractivity contribution >= 4 is 5.95 Å². The molecule has 3 heterocycles. The van der Waals surface area contributed by atoms with Gasteiger partial charge >= 0.3 is 0 Å². The van der Waals surface area contributed by atoms with Crippen molar-refractivity contribution in [1.29, 1.82) is 0 Å². The number of ether oxygens (including phenoxy) is 1. The summed E-state index contributed by atoms with van der Waals surface area (Å²) in [6.07, 6.45) is 4.72. The normalized spacial score (nSPS) is 24.4. The van der Waals surface area contributed by atoms with E-state index in [9.17, 15) is 0 Å². The first kappa shape index (κ1) is 14.8. The van der Waals surface area contributed by atoms with Gasteiger partial charge in [0.25, 0.3) is 0 Å². The third-order valence-corrected chi connectivity index (χ3v) is 4.62. The molecule has 0 radical (unpaired) electrons. The Morgan fingerprint density at radius 3 is 2.90 bits per heavy atom. The average Bonchev–Trinajstić information content (AvgIpc) is 3.04. The molecule has 1 atom stereocenters. The van der Waals surface area contributed by atoms with E-state index in [1.807, 2.05) is 0 Å². The van der Waals surface area contributed by atoms with Gasteiger partial charge in [-0.2, -0.15) is 4.98 Å². The Hall–Kier alpha value is -1.14. The summed E-state index contributed by atoms with van der Waals surface area (Å²) in [6.45, 7) is 8.16. The molecule has 2 aliphatic rings. The minimum absolute atomic E-state index is 0.395. The second kappa shape index (κ2) is 7.22. The Morgan fingerprint density at radius 2 is 2.19 bits per heavy atom. The maximum Gasteiger partial charge on any atom is 0.244 e. The van der Waals surface area contributed by atoms with Crippen molar-refractivity contribution in [3.63, 3.8) is 0 Å². The zero-order valence-corrected chi connectivity index (χ0v) is 13.0. The summed E-state index contributed by atoms with van der Waals surface area (Å²) in [4.78, 5) is 7.02. The molecule has 2 saturated heterocycles. The van der Waals surface area contributed by atoms with Gasteiger partial charge in [0.2, 0.25) is 5.95 Å². The topological polar surface area (TPSA) is 66.1 Å². The summed E-state index contributed by atoms with van der Waals surface area (Å²) in [5, 5.41) is 11.0. The Labute approximate surface area is 126 Å². The van der Waals surface area contributed by atoms with E-state index in [1.54, 1.807) is 0 Å². The third kappa shape index (κ3) is 3.74. The molecular weight excluding hydrogens is 266 g/mol. The molecular formula is C15H27N5O. The largest absolute Gasteiger partial charge is 0.381 e. The van der Waals surface area contributed by atoms with Crippen molar-refractivity contribution in [2.75, 3.05) is 44.3 Å². The number of piperidine rings is 1. The lowest BCUT2D eigenvalue weighted by molar-refractivity contribution is 0.0781. The maximum absolute atomic E-state index is 5.53. The highest BCUT2D eigenvalue weighted by Crippen LogP contribution is 2.25. The van der Waals surface area contributed by atoms with E-state index in [0.717, 1.165) is 69.9 Å². The second-order valence-corrected chi connectivity index (χ2v) is 6.17. The van der Waals surface area contributed by atoms with Gasteiger partial charge in [0.15, 0.2) is 0 Å². The fourth-order valence-electron chi connectivity index (χ4n) is 3.23. The molecule has 0 aliphatic carbocycles. The van der Waals surface area contributed by atoms with Crippen LogP contribution in [0.2, 0.25) is 0 Å². The molecule has 2 aliphatic heterocycles. The Balaban J connectivity index is 1.52. The standard InChI is InChI=1S/C15H27N5O/c1-2-16-10-12-5-7-20(8-6-12)15-17-14(18-19-15)13-4-3-9-21-11-13/h12-13,16H,2-11H2,1H3,(H,17,18,19). The molecule has 2 fully saturated rings. The predicted molar refractivity (Wildman–Crippen MR) is 82.7 cm³/mol. The molecule has 1 aromatic heterocycles. The van der Waals surface area contributed by atoms with E-state index in [4.69, 9.17) is 9.72 Å². The molecule has 0 aromatic carbocycles. The molecule has 0 spiro atoms. The molecule has 0 saturated carbocycles. The molecule has 0 amide bonds. The summed E-state index contributed by atoms with van der Waals surface area (Å²) in [6, 6.07) is 0. The first-order valence-corrected chi connectivity index (χ1v) is 8.32. The highest BCUT2D eigenvalue weighted by molar-refractivity contribution is 5.30. The number of rotatable bonds is 5. The lowest BCUT2D eigenvalue weighted by Gasteiger charge is -2.31. The van der Waals surface area contributed by atoms with Crippen LogP contribution < -0.4 is 10.2 Å². The molecule has 1 aromatic rings. The summed E-state index contributed by atoms with van der Waals surface area (Å²) in [5.74, 6) is 3.06. The first-order valence-electron chi connectivity index (χ1n) is 8.32. The lowest BCUT2D eigenvalue weighted by atomic mass is 9.97. The van der Waals surface area contributed by atoms with Crippen molar-refractivity contribution in [2.45, 2.75) is 38.5 Å². The minimum atomic E-state index is 0.395. The van der Waals surface area contributed by atoms with Crippen LogP contribution in [0.15, 0.2) is 0 Å². The number of nitrogens with one attached hydrogen (secondary N) is 2. The van der Waals surface area contributed by atoms with Crippen LogP contribution in [0.3, 0.4) is 0 Å². The lowest BCUT2D eigenvalue weighted by Crippen LogP contribution is -2.37. The van der Waals surface area contributed by atoms with Gasteiger partial charge < -0.3 is 15.0 Å². The number of aromatic amines is 1. The van der Waals surface area contributed by atoms with Crippen molar-refractivity contribution in [1.82, 2.24) is 20.5 Å². The second-order valence-electron chi connectivity index (χ2n) is 6.17. The summed E-state index contributed by atoms with van der Waals surface area (Å²) >= 11 is 0. The fourth-order valence-corrected chi connectivity index (χ4v) is 3.23. The van der Waals surface area contributed by atoms with Crippen LogP contribution >= 0.6 is 0 Å². The molecule has 21 heavy (non-hydrogen) atoms. The van der Waals surface area contributed by atoms with Crippen LogP contribution in [0.1, 0.15) is 44.3 Å². The van der Waals surface area contributed by atoms with Gasteiger partial charge in [-0.1, -0.05) is 6.92 Å². The van der Waals surface area contributed by atoms with Crippen LogP contribution in [-0.2, 0) is 4.74 Å². The molecule has 2 N–H and O–H groups in total. The zero-order chi connectivity index (χ0) is 14.5. The van der Waals surface area contributed by atoms with Crippen LogP contribution in [0.25, 0.3) is 0 Å². The maximum atomic E-state index is 5.53. The average molecular weight is 293 g/mol. The number of hydrogen-bond acceptors (Lipinski definition) is 5. The van der Waals surface area contributed by atoms with Gasteiger partial charge in [-0.3, -0.25) is 5.10 Å². The Morgan fingerprint density at radius 1 is 1.33 bits per heavy atom. The highest BCUT2D eigenvalue weighted by Gasteiger charge is 2.24. The Kier molecular flexibility index (Phi) is 5.08. The molecule has 0 bridgehead atoms. The van der Waals surface area contributed by atoms with E-state index < -0.39 is 0 Å². The number of anilines is 1. The fraction of sp³-hybridized carbons (Fsp3) is 0.867. The van der Waals surface area contributed by atoms with E-state index >= 15 is 0 Å². The molecule has 3 rings (SSSR count). The third-order valence-electron chi connectivity index (χ3n) is 4.62. The van der Waals surface area contributed by atoms with Gasteiger partial charge in [0, 0.05) is 25.6 Å².